The number of benzene rings is 3. The lowest BCUT2D eigenvalue weighted by atomic mass is 9.87. The molecule has 0 aromatic heterocycles. The Morgan fingerprint density at radius 2 is 1.43 bits per heavy atom. The maximum atomic E-state index is 13.5. The molecule has 0 saturated carbocycles. The van der Waals surface area contributed by atoms with Gasteiger partial charge >= 0.3 is 6.09 Å². The molecule has 1 fully saturated rings. The largest absolute Gasteiger partial charge is 0.449 e. The second-order valence-electron chi connectivity index (χ2n) is 10.2. The molecule has 8 heteroatoms. The number of ether oxygens (including phenoxy) is 1. The number of amides is 1. The van der Waals surface area contributed by atoms with Crippen molar-refractivity contribution in [1.82, 2.24) is 9.80 Å². The Morgan fingerprint density at radius 1 is 0.875 bits per heavy atom. The van der Waals surface area contributed by atoms with Crippen LogP contribution < -0.4 is 4.90 Å². The third kappa shape index (κ3) is 8.58. The number of piperazine rings is 1. The molecular formula is C32H39F2N3O3. The first-order chi connectivity index (χ1) is 19.4. The summed E-state index contributed by atoms with van der Waals surface area (Å²) in [4.78, 5) is 18.7. The van der Waals surface area contributed by atoms with Gasteiger partial charge in [-0.25, -0.2) is 13.6 Å². The number of nitrogens with zero attached hydrogens (tertiary/aromatic N) is 3. The number of aliphatic hydroxyl groups is 1. The van der Waals surface area contributed by atoms with E-state index in [2.05, 4.69) is 9.80 Å². The van der Waals surface area contributed by atoms with Crippen LogP contribution in [-0.4, -0.2) is 79.5 Å². The van der Waals surface area contributed by atoms with E-state index in [9.17, 15) is 18.7 Å². The second kappa shape index (κ2) is 14.9. The molecule has 4 rings (SSSR count). The Balaban J connectivity index is 1.25. The van der Waals surface area contributed by atoms with Gasteiger partial charge in [-0.2, -0.15) is 0 Å². The van der Waals surface area contributed by atoms with E-state index < -0.39 is 12.2 Å². The zero-order valence-electron chi connectivity index (χ0n) is 23.1. The van der Waals surface area contributed by atoms with E-state index in [0.29, 0.717) is 12.2 Å². The molecule has 1 atom stereocenters. The Kier molecular flexibility index (Phi) is 11.0. The number of hydrogen-bond donors (Lipinski definition) is 1. The van der Waals surface area contributed by atoms with Gasteiger partial charge in [0.25, 0.3) is 0 Å². The quantitative estimate of drug-likeness (QED) is 0.321. The number of rotatable bonds is 12. The monoisotopic (exact) mass is 551 g/mol. The molecule has 1 aliphatic heterocycles. The first kappa shape index (κ1) is 29.6. The average molecular weight is 552 g/mol. The molecule has 0 bridgehead atoms. The lowest BCUT2D eigenvalue weighted by molar-refractivity contribution is 0.0736. The van der Waals surface area contributed by atoms with Crippen LogP contribution in [0, 0.1) is 11.6 Å². The van der Waals surface area contributed by atoms with Crippen molar-refractivity contribution in [1.29, 1.82) is 0 Å². The van der Waals surface area contributed by atoms with Crippen molar-refractivity contribution in [3.63, 3.8) is 0 Å². The lowest BCUT2D eigenvalue weighted by Crippen LogP contribution is -2.50. The van der Waals surface area contributed by atoms with Crippen LogP contribution in [0.25, 0.3) is 0 Å². The predicted molar refractivity (Wildman–Crippen MR) is 154 cm³/mol. The number of β-amino-alcohol motifs (C(OH)–C–C–N with tert-alkyl or cyclic N) is 1. The van der Waals surface area contributed by atoms with E-state index in [1.165, 1.54) is 29.2 Å². The summed E-state index contributed by atoms with van der Waals surface area (Å²) in [6.45, 7) is 7.07. The number of hydrogen-bond acceptors (Lipinski definition) is 5. The van der Waals surface area contributed by atoms with Gasteiger partial charge in [-0.15, -0.1) is 0 Å². The van der Waals surface area contributed by atoms with Gasteiger partial charge in [-0.3, -0.25) is 9.80 Å². The minimum Gasteiger partial charge on any atom is -0.449 e. The fraction of sp³-hybridized carbons (Fsp3) is 0.406. The summed E-state index contributed by atoms with van der Waals surface area (Å²) in [5, 5.41) is 10.8. The molecule has 3 aromatic carbocycles. The van der Waals surface area contributed by atoms with Crippen LogP contribution in [0.4, 0.5) is 19.3 Å². The second-order valence-corrected chi connectivity index (χ2v) is 10.2. The van der Waals surface area contributed by atoms with Crippen LogP contribution >= 0.6 is 0 Å². The van der Waals surface area contributed by atoms with E-state index in [4.69, 9.17) is 4.74 Å². The van der Waals surface area contributed by atoms with E-state index in [1.54, 1.807) is 6.92 Å². The highest BCUT2D eigenvalue weighted by atomic mass is 19.1. The Labute approximate surface area is 235 Å². The Morgan fingerprint density at radius 3 is 1.98 bits per heavy atom. The number of carbonyl (C=O) groups excluding carboxylic acids is 1. The van der Waals surface area contributed by atoms with Crippen molar-refractivity contribution in [3.05, 3.63) is 102 Å². The first-order valence-electron chi connectivity index (χ1n) is 14.1. The highest BCUT2D eigenvalue weighted by molar-refractivity contribution is 5.87. The van der Waals surface area contributed by atoms with E-state index >= 15 is 0 Å². The third-order valence-electron chi connectivity index (χ3n) is 7.40. The molecule has 40 heavy (non-hydrogen) atoms. The van der Waals surface area contributed by atoms with Gasteiger partial charge in [0.05, 0.1) is 19.3 Å². The maximum absolute atomic E-state index is 13.5. The standard InChI is InChI=1S/C32H39F2N3O3/c1-2-40-32(39)37(29-7-4-3-5-8-29)24-30(38)23-36-21-19-35(20-22-36)18-6-9-31(25-10-14-27(33)15-11-25)26-12-16-28(34)17-13-26/h3-5,7-8,10-17,30-31,38H,2,6,9,18-24H2,1H3. The smallest absolute Gasteiger partial charge is 0.414 e. The van der Waals surface area contributed by atoms with Gasteiger partial charge in [0.15, 0.2) is 0 Å². The SMILES string of the molecule is CCOC(=O)N(CC(O)CN1CCN(CCCC(c2ccc(F)cc2)c2ccc(F)cc2)CC1)c1ccccc1. The molecule has 214 valence electrons. The molecule has 1 heterocycles. The molecule has 0 spiro atoms. The number of halogens is 2. The highest BCUT2D eigenvalue weighted by Crippen LogP contribution is 2.30. The van der Waals surface area contributed by atoms with Gasteiger partial charge in [0.2, 0.25) is 0 Å². The van der Waals surface area contributed by atoms with Crippen molar-refractivity contribution >= 4 is 11.8 Å². The summed E-state index contributed by atoms with van der Waals surface area (Å²) in [6.07, 6.45) is 0.660. The Hall–Kier alpha value is -3.33. The van der Waals surface area contributed by atoms with Crippen LogP contribution in [0.15, 0.2) is 78.9 Å². The van der Waals surface area contributed by atoms with Gasteiger partial charge in [-0.1, -0.05) is 42.5 Å². The van der Waals surface area contributed by atoms with Gasteiger partial charge < -0.3 is 14.7 Å². The first-order valence-corrected chi connectivity index (χ1v) is 14.1. The van der Waals surface area contributed by atoms with Crippen molar-refractivity contribution < 1.29 is 23.4 Å². The molecule has 1 N–H and O–H groups in total. The zero-order valence-corrected chi connectivity index (χ0v) is 23.1. The molecule has 1 aliphatic rings. The summed E-state index contributed by atoms with van der Waals surface area (Å²) in [5.74, 6) is -0.457. The fourth-order valence-electron chi connectivity index (χ4n) is 5.29. The van der Waals surface area contributed by atoms with E-state index in [1.807, 2.05) is 54.6 Å². The molecule has 3 aromatic rings. The molecule has 1 unspecified atom stereocenters. The minimum atomic E-state index is -0.705. The highest BCUT2D eigenvalue weighted by Gasteiger charge is 2.24. The van der Waals surface area contributed by atoms with Crippen LogP contribution in [0.5, 0.6) is 0 Å². The Bertz CT molecular complexity index is 1120. The van der Waals surface area contributed by atoms with E-state index in [-0.39, 0.29) is 30.7 Å². The topological polar surface area (TPSA) is 56.2 Å². The van der Waals surface area contributed by atoms with Crippen LogP contribution in [0.3, 0.4) is 0 Å². The van der Waals surface area contributed by atoms with Crippen molar-refractivity contribution in [2.45, 2.75) is 31.8 Å². The number of aliphatic hydroxyl groups excluding tert-OH is 1. The molecular weight excluding hydrogens is 512 g/mol. The normalized spacial score (nSPS) is 15.2. The van der Waals surface area contributed by atoms with Gasteiger partial charge in [0, 0.05) is 44.3 Å². The van der Waals surface area contributed by atoms with Crippen LogP contribution in [-0.2, 0) is 4.74 Å². The number of para-hydroxylation sites is 1. The fourth-order valence-corrected chi connectivity index (χ4v) is 5.29. The van der Waals surface area contributed by atoms with Crippen LogP contribution in [0.1, 0.15) is 36.8 Å². The van der Waals surface area contributed by atoms with E-state index in [0.717, 1.165) is 56.7 Å². The summed E-state index contributed by atoms with van der Waals surface area (Å²) in [5.41, 5.74) is 2.75. The minimum absolute atomic E-state index is 0.0737. The summed E-state index contributed by atoms with van der Waals surface area (Å²) in [6, 6.07) is 22.4. The van der Waals surface area contributed by atoms with Crippen molar-refractivity contribution in [2.24, 2.45) is 0 Å². The predicted octanol–water partition coefficient (Wildman–Crippen LogP) is 5.52. The van der Waals surface area contributed by atoms with Crippen molar-refractivity contribution in [2.75, 3.05) is 57.3 Å². The summed E-state index contributed by atoms with van der Waals surface area (Å²) < 4.78 is 32.2. The molecule has 0 radical (unpaired) electrons. The molecule has 1 amide bonds. The summed E-state index contributed by atoms with van der Waals surface area (Å²) in [7, 11) is 0. The lowest BCUT2D eigenvalue weighted by Gasteiger charge is -2.36. The van der Waals surface area contributed by atoms with Gasteiger partial charge in [0.1, 0.15) is 11.6 Å². The number of carbonyl (C=O) groups is 1. The third-order valence-corrected chi connectivity index (χ3v) is 7.40. The average Bonchev–Trinajstić information content (AvgIpc) is 2.97. The molecule has 6 nitrogen and oxygen atoms in total. The van der Waals surface area contributed by atoms with Gasteiger partial charge in [-0.05, 0) is 73.8 Å². The molecule has 0 aliphatic carbocycles. The maximum Gasteiger partial charge on any atom is 0.414 e. The summed E-state index contributed by atoms with van der Waals surface area (Å²) >= 11 is 0. The van der Waals surface area contributed by atoms with Crippen molar-refractivity contribution in [3.8, 4) is 0 Å². The van der Waals surface area contributed by atoms with Crippen LogP contribution in [0.2, 0.25) is 0 Å². The molecule has 1 saturated heterocycles. The zero-order chi connectivity index (χ0) is 28.3. The number of anilines is 1.